The second-order valence-electron chi connectivity index (χ2n) is 5.13. The van der Waals surface area contributed by atoms with Gasteiger partial charge in [0, 0.05) is 30.3 Å². The SMILES string of the molecule is CCCn1cc(CCCO)c2cc(C)c(C)cc21. The summed E-state index contributed by atoms with van der Waals surface area (Å²) in [6, 6.07) is 4.59. The second-order valence-corrected chi connectivity index (χ2v) is 5.13. The van der Waals surface area contributed by atoms with Crippen LogP contribution in [0.3, 0.4) is 0 Å². The van der Waals surface area contributed by atoms with E-state index in [-0.39, 0.29) is 6.61 Å². The highest BCUT2D eigenvalue weighted by Gasteiger charge is 2.09. The monoisotopic (exact) mass is 245 g/mol. The molecule has 2 aromatic rings. The predicted molar refractivity (Wildman–Crippen MR) is 77.1 cm³/mol. The predicted octanol–water partition coefficient (Wildman–Crippen LogP) is 3.59. The molecule has 2 heteroatoms. The maximum absolute atomic E-state index is 9.00. The summed E-state index contributed by atoms with van der Waals surface area (Å²) < 4.78 is 2.36. The van der Waals surface area contributed by atoms with E-state index in [1.54, 1.807) is 0 Å². The van der Waals surface area contributed by atoms with Crippen molar-refractivity contribution in [2.24, 2.45) is 0 Å². The number of aliphatic hydroxyl groups is 1. The van der Waals surface area contributed by atoms with Crippen molar-refractivity contribution in [2.75, 3.05) is 6.61 Å². The summed E-state index contributed by atoms with van der Waals surface area (Å²) in [5.41, 5.74) is 5.41. The van der Waals surface area contributed by atoms with Crippen LogP contribution in [0.5, 0.6) is 0 Å². The summed E-state index contributed by atoms with van der Waals surface area (Å²) in [5.74, 6) is 0. The van der Waals surface area contributed by atoms with E-state index in [4.69, 9.17) is 5.11 Å². The van der Waals surface area contributed by atoms with Crippen molar-refractivity contribution in [1.29, 1.82) is 0 Å². The molecule has 0 spiro atoms. The molecule has 0 aliphatic rings. The molecule has 0 atom stereocenters. The molecule has 0 radical (unpaired) electrons. The Morgan fingerprint density at radius 3 is 2.56 bits per heavy atom. The first-order chi connectivity index (χ1) is 8.67. The van der Waals surface area contributed by atoms with Gasteiger partial charge in [0.2, 0.25) is 0 Å². The van der Waals surface area contributed by atoms with E-state index in [1.807, 2.05) is 0 Å². The minimum atomic E-state index is 0.269. The van der Waals surface area contributed by atoms with Gasteiger partial charge < -0.3 is 9.67 Å². The fourth-order valence-electron chi connectivity index (χ4n) is 2.52. The number of hydrogen-bond acceptors (Lipinski definition) is 1. The molecular formula is C16H23NO. The van der Waals surface area contributed by atoms with Gasteiger partial charge in [-0.1, -0.05) is 6.92 Å². The molecule has 0 bridgehead atoms. The minimum absolute atomic E-state index is 0.269. The molecule has 0 unspecified atom stereocenters. The van der Waals surface area contributed by atoms with E-state index in [1.165, 1.54) is 27.6 Å². The fraction of sp³-hybridized carbons (Fsp3) is 0.500. The van der Waals surface area contributed by atoms with Crippen LogP contribution >= 0.6 is 0 Å². The number of rotatable bonds is 5. The van der Waals surface area contributed by atoms with Gasteiger partial charge in [-0.3, -0.25) is 0 Å². The van der Waals surface area contributed by atoms with Crippen LogP contribution in [0.4, 0.5) is 0 Å². The summed E-state index contributed by atoms with van der Waals surface area (Å²) in [6.45, 7) is 7.89. The van der Waals surface area contributed by atoms with Crippen LogP contribution in [0.1, 0.15) is 36.5 Å². The lowest BCUT2D eigenvalue weighted by Gasteiger charge is -2.05. The van der Waals surface area contributed by atoms with Gasteiger partial charge in [0.1, 0.15) is 0 Å². The van der Waals surface area contributed by atoms with Crippen LogP contribution in [0, 0.1) is 13.8 Å². The lowest BCUT2D eigenvalue weighted by molar-refractivity contribution is 0.288. The molecule has 0 aliphatic carbocycles. The molecule has 0 saturated heterocycles. The Balaban J connectivity index is 2.53. The van der Waals surface area contributed by atoms with E-state index in [9.17, 15) is 0 Å². The number of fused-ring (bicyclic) bond motifs is 1. The summed E-state index contributed by atoms with van der Waals surface area (Å²) >= 11 is 0. The van der Waals surface area contributed by atoms with Gasteiger partial charge in [-0.25, -0.2) is 0 Å². The zero-order valence-corrected chi connectivity index (χ0v) is 11.7. The van der Waals surface area contributed by atoms with Crippen LogP contribution < -0.4 is 0 Å². The zero-order valence-electron chi connectivity index (χ0n) is 11.7. The van der Waals surface area contributed by atoms with Crippen molar-refractivity contribution in [3.63, 3.8) is 0 Å². The number of aryl methyl sites for hydroxylation is 4. The van der Waals surface area contributed by atoms with Crippen molar-refractivity contribution in [1.82, 2.24) is 4.57 Å². The van der Waals surface area contributed by atoms with Crippen molar-refractivity contribution in [3.8, 4) is 0 Å². The number of benzene rings is 1. The van der Waals surface area contributed by atoms with E-state index in [2.05, 4.69) is 43.7 Å². The van der Waals surface area contributed by atoms with Crippen molar-refractivity contribution in [2.45, 2.75) is 46.6 Å². The molecule has 18 heavy (non-hydrogen) atoms. The Hall–Kier alpha value is -1.28. The smallest absolute Gasteiger partial charge is 0.0485 e. The third-order valence-corrected chi connectivity index (χ3v) is 3.65. The average molecular weight is 245 g/mol. The van der Waals surface area contributed by atoms with Crippen LogP contribution in [0.2, 0.25) is 0 Å². The minimum Gasteiger partial charge on any atom is -0.396 e. The first kappa shape index (κ1) is 13.2. The quantitative estimate of drug-likeness (QED) is 0.855. The van der Waals surface area contributed by atoms with Crippen LogP contribution in [-0.2, 0) is 13.0 Å². The van der Waals surface area contributed by atoms with E-state index >= 15 is 0 Å². The maximum Gasteiger partial charge on any atom is 0.0485 e. The zero-order chi connectivity index (χ0) is 13.1. The second kappa shape index (κ2) is 5.57. The van der Waals surface area contributed by atoms with Crippen molar-refractivity contribution >= 4 is 10.9 Å². The fourth-order valence-corrected chi connectivity index (χ4v) is 2.52. The third kappa shape index (κ3) is 2.44. The molecule has 1 aromatic carbocycles. The molecule has 1 heterocycles. The lowest BCUT2D eigenvalue weighted by Crippen LogP contribution is -1.94. The normalized spacial score (nSPS) is 11.3. The highest BCUT2D eigenvalue weighted by atomic mass is 16.2. The molecule has 2 nitrogen and oxygen atoms in total. The first-order valence-electron chi connectivity index (χ1n) is 6.87. The summed E-state index contributed by atoms with van der Waals surface area (Å²) in [7, 11) is 0. The summed E-state index contributed by atoms with van der Waals surface area (Å²) in [4.78, 5) is 0. The molecule has 1 N–H and O–H groups in total. The first-order valence-corrected chi connectivity index (χ1v) is 6.87. The van der Waals surface area contributed by atoms with Crippen LogP contribution in [0.15, 0.2) is 18.3 Å². The van der Waals surface area contributed by atoms with E-state index in [0.717, 1.165) is 25.8 Å². The number of aliphatic hydroxyl groups excluding tert-OH is 1. The van der Waals surface area contributed by atoms with Gasteiger partial charge in [-0.15, -0.1) is 0 Å². The Kier molecular flexibility index (Phi) is 4.07. The maximum atomic E-state index is 9.00. The highest BCUT2D eigenvalue weighted by molar-refractivity contribution is 5.85. The van der Waals surface area contributed by atoms with E-state index < -0.39 is 0 Å². The van der Waals surface area contributed by atoms with Crippen molar-refractivity contribution < 1.29 is 5.11 Å². The van der Waals surface area contributed by atoms with Gasteiger partial charge in [0.25, 0.3) is 0 Å². The standard InChI is InChI=1S/C16H23NO/c1-4-7-17-11-14(6-5-8-18)15-9-12(2)13(3)10-16(15)17/h9-11,18H,4-8H2,1-3H3. The molecule has 2 rings (SSSR count). The van der Waals surface area contributed by atoms with Crippen LogP contribution in [0.25, 0.3) is 10.9 Å². The third-order valence-electron chi connectivity index (χ3n) is 3.65. The highest BCUT2D eigenvalue weighted by Crippen LogP contribution is 2.26. The van der Waals surface area contributed by atoms with Gasteiger partial charge in [-0.05, 0) is 61.9 Å². The largest absolute Gasteiger partial charge is 0.396 e. The number of hydrogen-bond donors (Lipinski definition) is 1. The number of nitrogens with zero attached hydrogens (tertiary/aromatic N) is 1. The molecular weight excluding hydrogens is 222 g/mol. The van der Waals surface area contributed by atoms with Gasteiger partial charge in [0.05, 0.1) is 0 Å². The Morgan fingerprint density at radius 2 is 1.89 bits per heavy atom. The molecule has 0 amide bonds. The summed E-state index contributed by atoms with van der Waals surface area (Å²) in [6.07, 6.45) is 5.23. The van der Waals surface area contributed by atoms with Gasteiger partial charge >= 0.3 is 0 Å². The molecule has 1 aromatic heterocycles. The van der Waals surface area contributed by atoms with Crippen LogP contribution in [-0.4, -0.2) is 16.3 Å². The molecule has 0 fully saturated rings. The number of aromatic nitrogens is 1. The summed E-state index contributed by atoms with van der Waals surface area (Å²) in [5, 5.41) is 10.4. The Labute approximate surface area is 109 Å². The van der Waals surface area contributed by atoms with Crippen molar-refractivity contribution in [3.05, 3.63) is 35.0 Å². The lowest BCUT2D eigenvalue weighted by atomic mass is 10.0. The Morgan fingerprint density at radius 1 is 1.17 bits per heavy atom. The Bertz CT molecular complexity index is 540. The van der Waals surface area contributed by atoms with E-state index in [0.29, 0.717) is 0 Å². The average Bonchev–Trinajstić information content (AvgIpc) is 2.66. The van der Waals surface area contributed by atoms with Gasteiger partial charge in [0.15, 0.2) is 0 Å². The van der Waals surface area contributed by atoms with Gasteiger partial charge in [-0.2, -0.15) is 0 Å². The molecule has 0 aliphatic heterocycles. The molecule has 0 saturated carbocycles. The topological polar surface area (TPSA) is 25.2 Å². The molecule has 98 valence electrons.